The topological polar surface area (TPSA) is 25.4 Å². The van der Waals surface area contributed by atoms with Gasteiger partial charge in [0.15, 0.2) is 0 Å². The van der Waals surface area contributed by atoms with Gasteiger partial charge in [0.2, 0.25) is 0 Å². The highest BCUT2D eigenvalue weighted by molar-refractivity contribution is 5.46. The lowest BCUT2D eigenvalue weighted by Crippen LogP contribution is -2.36. The van der Waals surface area contributed by atoms with Gasteiger partial charge in [0, 0.05) is 13.1 Å². The molecule has 3 heteroatoms. The highest BCUT2D eigenvalue weighted by Crippen LogP contribution is 2.13. The molecule has 0 amide bonds. The highest BCUT2D eigenvalue weighted by Gasteiger charge is 2.10. The van der Waals surface area contributed by atoms with Gasteiger partial charge in [-0.2, -0.15) is 0 Å². The molecule has 0 unspecified atom stereocenters. The van der Waals surface area contributed by atoms with Crippen molar-refractivity contribution in [3.63, 3.8) is 0 Å². The fourth-order valence-corrected chi connectivity index (χ4v) is 1.48. The molecule has 3 nitrogen and oxygen atoms in total. The van der Waals surface area contributed by atoms with Crippen molar-refractivity contribution in [3.8, 4) is 12.3 Å². The molecule has 0 bridgehead atoms. The van der Waals surface area contributed by atoms with Gasteiger partial charge in [0.1, 0.15) is 5.69 Å². The van der Waals surface area contributed by atoms with E-state index < -0.39 is 0 Å². The van der Waals surface area contributed by atoms with Crippen LogP contribution in [0.5, 0.6) is 0 Å². The third kappa shape index (κ3) is 1.86. The largest absolute Gasteiger partial charge is 0.378 e. The van der Waals surface area contributed by atoms with Gasteiger partial charge in [-0.25, -0.2) is 4.98 Å². The van der Waals surface area contributed by atoms with E-state index in [4.69, 9.17) is 11.2 Å². The van der Waals surface area contributed by atoms with Crippen LogP contribution in [0, 0.1) is 12.3 Å². The minimum absolute atomic E-state index is 0.682. The zero-order valence-corrected chi connectivity index (χ0v) is 7.94. The summed E-state index contributed by atoms with van der Waals surface area (Å²) in [5.41, 5.74) is 1.80. The van der Waals surface area contributed by atoms with Gasteiger partial charge in [0.25, 0.3) is 0 Å². The first-order valence-corrected chi connectivity index (χ1v) is 4.65. The molecule has 1 aromatic heterocycles. The molecule has 1 aromatic rings. The van der Waals surface area contributed by atoms with Crippen LogP contribution in [0.3, 0.4) is 0 Å². The first-order chi connectivity index (χ1) is 6.90. The average molecular weight is 188 g/mol. The molecule has 1 saturated heterocycles. The van der Waals surface area contributed by atoms with Crippen LogP contribution in [-0.2, 0) is 4.74 Å². The summed E-state index contributed by atoms with van der Waals surface area (Å²) >= 11 is 0. The first kappa shape index (κ1) is 9.04. The smallest absolute Gasteiger partial charge is 0.113 e. The monoisotopic (exact) mass is 188 g/mol. The summed E-state index contributed by atoms with van der Waals surface area (Å²) in [6, 6.07) is 3.87. The van der Waals surface area contributed by atoms with Crippen molar-refractivity contribution in [2.45, 2.75) is 0 Å². The number of aromatic nitrogens is 1. The average Bonchev–Trinajstić information content (AvgIpc) is 2.30. The summed E-state index contributed by atoms with van der Waals surface area (Å²) in [7, 11) is 0. The fourth-order valence-electron chi connectivity index (χ4n) is 1.48. The Morgan fingerprint density at radius 2 is 2.14 bits per heavy atom. The van der Waals surface area contributed by atoms with Gasteiger partial charge in [0.05, 0.1) is 25.1 Å². The zero-order valence-electron chi connectivity index (χ0n) is 7.94. The molecule has 1 aliphatic heterocycles. The van der Waals surface area contributed by atoms with E-state index >= 15 is 0 Å². The number of hydrogen-bond acceptors (Lipinski definition) is 3. The summed E-state index contributed by atoms with van der Waals surface area (Å²) in [6.07, 6.45) is 7.05. The molecule has 0 spiro atoms. The normalized spacial score (nSPS) is 16.4. The molecular formula is C11H12N2O. The maximum atomic E-state index is 5.27. The molecule has 0 aromatic carbocycles. The Morgan fingerprint density at radius 1 is 1.36 bits per heavy atom. The van der Waals surface area contributed by atoms with Crippen molar-refractivity contribution in [2.75, 3.05) is 31.2 Å². The molecular weight excluding hydrogens is 176 g/mol. The lowest BCUT2D eigenvalue weighted by atomic mass is 10.3. The van der Waals surface area contributed by atoms with Crippen LogP contribution in [0.4, 0.5) is 5.69 Å². The summed E-state index contributed by atoms with van der Waals surface area (Å²) < 4.78 is 5.27. The number of ether oxygens (including phenoxy) is 1. The van der Waals surface area contributed by atoms with Crippen LogP contribution in [0.15, 0.2) is 18.3 Å². The van der Waals surface area contributed by atoms with Crippen LogP contribution in [0.1, 0.15) is 5.69 Å². The molecule has 0 radical (unpaired) electrons. The Hall–Kier alpha value is -1.53. The Morgan fingerprint density at radius 3 is 2.71 bits per heavy atom. The SMILES string of the molecule is C#Cc1ccc(N2CCOCC2)cn1. The third-order valence-corrected chi connectivity index (χ3v) is 2.27. The molecule has 0 saturated carbocycles. The Balaban J connectivity index is 2.12. The van der Waals surface area contributed by atoms with Gasteiger partial charge in [-0.15, -0.1) is 6.42 Å². The zero-order chi connectivity index (χ0) is 9.80. The van der Waals surface area contributed by atoms with Gasteiger partial charge in [-0.3, -0.25) is 0 Å². The summed E-state index contributed by atoms with van der Waals surface area (Å²) in [5, 5.41) is 0. The van der Waals surface area contributed by atoms with Gasteiger partial charge < -0.3 is 9.64 Å². The molecule has 14 heavy (non-hydrogen) atoms. The predicted octanol–water partition coefficient (Wildman–Crippen LogP) is 0.899. The quantitative estimate of drug-likeness (QED) is 0.612. The number of anilines is 1. The summed E-state index contributed by atoms with van der Waals surface area (Å²) in [5.74, 6) is 2.50. The van der Waals surface area contributed by atoms with Crippen molar-refractivity contribution in [1.29, 1.82) is 0 Å². The van der Waals surface area contributed by atoms with E-state index in [0.29, 0.717) is 5.69 Å². The van der Waals surface area contributed by atoms with E-state index in [1.54, 1.807) is 0 Å². The van der Waals surface area contributed by atoms with Crippen molar-refractivity contribution in [2.24, 2.45) is 0 Å². The first-order valence-electron chi connectivity index (χ1n) is 4.65. The standard InChI is InChI=1S/C11H12N2O/c1-2-10-3-4-11(9-12-10)13-5-7-14-8-6-13/h1,3-4,9H,5-8H2. The second-order valence-electron chi connectivity index (χ2n) is 3.15. The molecule has 72 valence electrons. The van der Waals surface area contributed by atoms with E-state index in [1.165, 1.54) is 0 Å². The molecule has 1 aliphatic rings. The van der Waals surface area contributed by atoms with E-state index in [0.717, 1.165) is 32.0 Å². The van der Waals surface area contributed by atoms with Gasteiger partial charge >= 0.3 is 0 Å². The van der Waals surface area contributed by atoms with Gasteiger partial charge in [-0.05, 0) is 12.1 Å². The van der Waals surface area contributed by atoms with E-state index in [9.17, 15) is 0 Å². The summed E-state index contributed by atoms with van der Waals surface area (Å²) in [6.45, 7) is 3.43. The van der Waals surface area contributed by atoms with Crippen molar-refractivity contribution in [1.82, 2.24) is 4.98 Å². The van der Waals surface area contributed by atoms with Crippen LogP contribution < -0.4 is 4.90 Å². The van der Waals surface area contributed by atoms with Crippen LogP contribution in [0.25, 0.3) is 0 Å². The van der Waals surface area contributed by atoms with Crippen LogP contribution >= 0.6 is 0 Å². The van der Waals surface area contributed by atoms with Crippen molar-refractivity contribution < 1.29 is 4.74 Å². The number of hydrogen-bond donors (Lipinski definition) is 0. The van der Waals surface area contributed by atoms with Crippen LogP contribution in [0.2, 0.25) is 0 Å². The molecule has 0 aliphatic carbocycles. The minimum Gasteiger partial charge on any atom is -0.378 e. The van der Waals surface area contributed by atoms with E-state index in [1.807, 2.05) is 18.3 Å². The van der Waals surface area contributed by atoms with Crippen molar-refractivity contribution in [3.05, 3.63) is 24.0 Å². The molecule has 2 rings (SSSR count). The lowest BCUT2D eigenvalue weighted by molar-refractivity contribution is 0.122. The number of pyridine rings is 1. The molecule has 1 fully saturated rings. The Labute approximate surface area is 83.7 Å². The number of rotatable bonds is 1. The molecule has 2 heterocycles. The number of nitrogens with zero attached hydrogens (tertiary/aromatic N) is 2. The lowest BCUT2D eigenvalue weighted by Gasteiger charge is -2.28. The molecule has 0 N–H and O–H groups in total. The van der Waals surface area contributed by atoms with Gasteiger partial charge in [-0.1, -0.05) is 5.92 Å². The summed E-state index contributed by atoms with van der Waals surface area (Å²) in [4.78, 5) is 6.40. The Kier molecular flexibility index (Phi) is 2.66. The second-order valence-corrected chi connectivity index (χ2v) is 3.15. The van der Waals surface area contributed by atoms with E-state index in [-0.39, 0.29) is 0 Å². The predicted molar refractivity (Wildman–Crippen MR) is 55.2 cm³/mol. The second kappa shape index (κ2) is 4.12. The number of morpholine rings is 1. The maximum absolute atomic E-state index is 5.27. The van der Waals surface area contributed by atoms with Crippen LogP contribution in [-0.4, -0.2) is 31.3 Å². The van der Waals surface area contributed by atoms with E-state index in [2.05, 4.69) is 15.8 Å². The number of terminal acetylenes is 1. The molecule has 0 atom stereocenters. The third-order valence-electron chi connectivity index (χ3n) is 2.27. The minimum atomic E-state index is 0.682. The fraction of sp³-hybridized carbons (Fsp3) is 0.364. The Bertz CT molecular complexity index is 333. The highest BCUT2D eigenvalue weighted by atomic mass is 16.5. The maximum Gasteiger partial charge on any atom is 0.113 e. The van der Waals surface area contributed by atoms with Crippen molar-refractivity contribution >= 4 is 5.69 Å².